The van der Waals surface area contributed by atoms with Gasteiger partial charge in [0.05, 0.1) is 6.04 Å². The lowest BCUT2D eigenvalue weighted by molar-refractivity contribution is 0.0694. The van der Waals surface area contributed by atoms with Gasteiger partial charge in [-0.2, -0.15) is 5.48 Å². The van der Waals surface area contributed by atoms with Gasteiger partial charge in [0.1, 0.15) is 10.7 Å². The summed E-state index contributed by atoms with van der Waals surface area (Å²) in [5.41, 5.74) is 3.21. The Morgan fingerprint density at radius 1 is 1.88 bits per heavy atom. The van der Waals surface area contributed by atoms with E-state index in [9.17, 15) is 5.11 Å². The largest absolute Gasteiger partial charge is 0.410 e. The average molecular weight is 290 g/mol. The minimum atomic E-state index is -0.941. The lowest BCUT2D eigenvalue weighted by atomic mass is 10.1. The van der Waals surface area contributed by atoms with E-state index in [1.165, 1.54) is 0 Å². The van der Waals surface area contributed by atoms with Gasteiger partial charge in [-0.25, -0.2) is 0 Å². The highest BCUT2D eigenvalue weighted by atomic mass is 79.9. The molecule has 1 rings (SSSR count). The lowest BCUT2D eigenvalue weighted by Crippen LogP contribution is -2.22. The van der Waals surface area contributed by atoms with Gasteiger partial charge in [-0.3, -0.25) is 5.41 Å². The summed E-state index contributed by atoms with van der Waals surface area (Å²) in [7, 11) is 1.71. The minimum absolute atomic E-state index is 0.116. The summed E-state index contributed by atoms with van der Waals surface area (Å²) >= 11 is 3.03. The van der Waals surface area contributed by atoms with Crippen LogP contribution in [-0.2, 0) is 4.84 Å². The topological polar surface area (TPSA) is 77.4 Å². The van der Waals surface area contributed by atoms with Crippen molar-refractivity contribution in [3.63, 3.8) is 0 Å². The van der Waals surface area contributed by atoms with E-state index in [0.717, 1.165) is 6.42 Å². The zero-order valence-electron chi connectivity index (χ0n) is 9.25. The summed E-state index contributed by atoms with van der Waals surface area (Å²) in [5.74, 6) is 0.428. The molecular formula is C10H16BrN3O2. The molecule has 0 radical (unpaired) electrons. The number of halogens is 1. The average Bonchev–Trinajstić information content (AvgIpc) is 2.73. The second-order valence-electron chi connectivity index (χ2n) is 3.41. The van der Waals surface area contributed by atoms with Crippen molar-refractivity contribution in [2.24, 2.45) is 0 Å². The Balaban J connectivity index is 2.80. The van der Waals surface area contributed by atoms with Crippen LogP contribution in [0.15, 0.2) is 23.6 Å². The van der Waals surface area contributed by atoms with Gasteiger partial charge >= 0.3 is 0 Å². The van der Waals surface area contributed by atoms with Crippen LogP contribution in [0.4, 0.5) is 0 Å². The van der Waals surface area contributed by atoms with E-state index in [0.29, 0.717) is 11.3 Å². The van der Waals surface area contributed by atoms with E-state index < -0.39 is 6.10 Å². The third-order valence-corrected chi connectivity index (χ3v) is 2.71. The van der Waals surface area contributed by atoms with Gasteiger partial charge in [-0.15, -0.1) is 0 Å². The van der Waals surface area contributed by atoms with Crippen molar-refractivity contribution in [1.82, 2.24) is 10.8 Å². The standard InChI is InChI=1S/C10H16BrN3O2/c1-3-6-4-8(16-14-6)9(15)7(5-13-2)10(11)12/h4-6,9,12-15H,3H2,1-2H3/b7-5-,12-10?. The van der Waals surface area contributed by atoms with Crippen molar-refractivity contribution in [3.05, 3.63) is 23.6 Å². The van der Waals surface area contributed by atoms with Crippen molar-refractivity contribution in [3.8, 4) is 0 Å². The Morgan fingerprint density at radius 3 is 3.00 bits per heavy atom. The highest BCUT2D eigenvalue weighted by Crippen LogP contribution is 2.20. The summed E-state index contributed by atoms with van der Waals surface area (Å²) in [6, 6.07) is 0.116. The van der Waals surface area contributed by atoms with E-state index in [-0.39, 0.29) is 10.7 Å². The maximum atomic E-state index is 10.0. The summed E-state index contributed by atoms with van der Waals surface area (Å²) in [4.78, 5) is 5.17. The molecule has 2 atom stereocenters. The molecule has 0 spiro atoms. The molecule has 0 fully saturated rings. The molecule has 0 aromatic heterocycles. The Labute approximate surface area is 103 Å². The van der Waals surface area contributed by atoms with E-state index in [2.05, 4.69) is 26.7 Å². The van der Waals surface area contributed by atoms with Crippen LogP contribution in [0.3, 0.4) is 0 Å². The number of hydrogen-bond acceptors (Lipinski definition) is 5. The second-order valence-corrected chi connectivity index (χ2v) is 4.20. The fourth-order valence-corrected chi connectivity index (χ4v) is 1.66. The molecule has 5 nitrogen and oxygen atoms in total. The third kappa shape index (κ3) is 3.07. The SMILES string of the molecule is CCC1C=C(C(O)/C(=C/NC)C(=N)Br)ON1. The minimum Gasteiger partial charge on any atom is -0.410 e. The summed E-state index contributed by atoms with van der Waals surface area (Å²) < 4.78 is 0.124. The van der Waals surface area contributed by atoms with E-state index in [1.54, 1.807) is 13.2 Å². The molecule has 1 aliphatic heterocycles. The molecule has 1 heterocycles. The molecule has 2 unspecified atom stereocenters. The number of rotatable bonds is 5. The van der Waals surface area contributed by atoms with Crippen LogP contribution in [0.5, 0.6) is 0 Å². The lowest BCUT2D eigenvalue weighted by Gasteiger charge is -2.13. The Morgan fingerprint density at radius 2 is 2.56 bits per heavy atom. The zero-order valence-corrected chi connectivity index (χ0v) is 10.8. The van der Waals surface area contributed by atoms with Crippen molar-refractivity contribution < 1.29 is 9.94 Å². The number of aliphatic hydroxyl groups is 1. The highest BCUT2D eigenvalue weighted by molar-refractivity contribution is 9.18. The molecule has 0 saturated carbocycles. The fraction of sp³-hybridized carbons (Fsp3) is 0.500. The molecule has 0 saturated heterocycles. The quantitative estimate of drug-likeness (QED) is 0.570. The third-order valence-electron chi connectivity index (χ3n) is 2.25. The number of hydroxylamine groups is 1. The zero-order chi connectivity index (χ0) is 12.1. The number of hydrogen-bond donors (Lipinski definition) is 4. The van der Waals surface area contributed by atoms with Gasteiger partial charge in [-0.05, 0) is 28.4 Å². The van der Waals surface area contributed by atoms with Crippen LogP contribution < -0.4 is 10.8 Å². The van der Waals surface area contributed by atoms with Gasteiger partial charge in [0, 0.05) is 18.8 Å². The molecule has 1 aliphatic rings. The number of aliphatic hydroxyl groups excluding tert-OH is 1. The van der Waals surface area contributed by atoms with Crippen molar-refractivity contribution in [2.75, 3.05) is 7.05 Å². The van der Waals surface area contributed by atoms with Crippen molar-refractivity contribution >= 4 is 20.6 Å². The van der Waals surface area contributed by atoms with E-state index >= 15 is 0 Å². The highest BCUT2D eigenvalue weighted by Gasteiger charge is 2.25. The first-order valence-electron chi connectivity index (χ1n) is 5.04. The van der Waals surface area contributed by atoms with Crippen LogP contribution >= 0.6 is 15.9 Å². The van der Waals surface area contributed by atoms with Gasteiger partial charge in [0.15, 0.2) is 5.76 Å². The van der Waals surface area contributed by atoms with Crippen LogP contribution in [0, 0.1) is 5.41 Å². The Hall–Kier alpha value is -0.850. The van der Waals surface area contributed by atoms with Crippen LogP contribution in [0.25, 0.3) is 0 Å². The van der Waals surface area contributed by atoms with Gasteiger partial charge in [0.2, 0.25) is 0 Å². The van der Waals surface area contributed by atoms with Gasteiger partial charge in [0.25, 0.3) is 0 Å². The monoisotopic (exact) mass is 289 g/mol. The second kappa shape index (κ2) is 6.03. The van der Waals surface area contributed by atoms with Crippen molar-refractivity contribution in [1.29, 1.82) is 5.41 Å². The smallest absolute Gasteiger partial charge is 0.155 e. The maximum absolute atomic E-state index is 10.0. The molecule has 6 heteroatoms. The first-order valence-corrected chi connectivity index (χ1v) is 5.83. The predicted octanol–water partition coefficient (Wildman–Crippen LogP) is 1.02. The molecule has 90 valence electrons. The Bertz CT molecular complexity index is 328. The maximum Gasteiger partial charge on any atom is 0.155 e. The summed E-state index contributed by atoms with van der Waals surface area (Å²) in [6.45, 7) is 2.02. The predicted molar refractivity (Wildman–Crippen MR) is 66.2 cm³/mol. The molecule has 16 heavy (non-hydrogen) atoms. The summed E-state index contributed by atoms with van der Waals surface area (Å²) in [5, 5.41) is 20.3. The van der Waals surface area contributed by atoms with Crippen molar-refractivity contribution in [2.45, 2.75) is 25.5 Å². The molecule has 0 aliphatic carbocycles. The normalized spacial score (nSPS) is 22.4. The first-order chi connectivity index (χ1) is 7.60. The summed E-state index contributed by atoms with van der Waals surface area (Å²) in [6.07, 6.45) is 3.32. The van der Waals surface area contributed by atoms with Gasteiger partial charge < -0.3 is 15.3 Å². The molecule has 4 N–H and O–H groups in total. The molecular weight excluding hydrogens is 274 g/mol. The Kier molecular flexibility index (Phi) is 4.98. The molecule has 0 bridgehead atoms. The fourth-order valence-electron chi connectivity index (χ4n) is 1.33. The van der Waals surface area contributed by atoms with Crippen LogP contribution in [0.1, 0.15) is 13.3 Å². The molecule has 0 aromatic carbocycles. The van der Waals surface area contributed by atoms with E-state index in [4.69, 9.17) is 10.2 Å². The molecule has 0 amide bonds. The van der Waals surface area contributed by atoms with E-state index in [1.807, 2.05) is 13.0 Å². The van der Waals surface area contributed by atoms with Crippen LogP contribution in [-0.4, -0.2) is 28.9 Å². The first kappa shape index (κ1) is 13.2. The molecule has 0 aromatic rings. The number of nitrogens with one attached hydrogen (secondary N) is 3. The van der Waals surface area contributed by atoms with Crippen LogP contribution in [0.2, 0.25) is 0 Å². The van der Waals surface area contributed by atoms with Gasteiger partial charge in [-0.1, -0.05) is 6.92 Å².